The van der Waals surface area contributed by atoms with Crippen LogP contribution < -0.4 is 4.39 Å². The van der Waals surface area contributed by atoms with Crippen molar-refractivity contribution in [3.8, 4) is 0 Å². The minimum atomic E-state index is -3.09. The van der Waals surface area contributed by atoms with E-state index in [1.165, 1.54) is 0 Å². The first-order valence-electron chi connectivity index (χ1n) is 8.67. The van der Waals surface area contributed by atoms with E-state index >= 15 is 0 Å². The average molecular weight is 389 g/mol. The zero-order valence-corrected chi connectivity index (χ0v) is 18.2. The van der Waals surface area contributed by atoms with Crippen LogP contribution in [0.2, 0.25) is 18.1 Å². The predicted molar refractivity (Wildman–Crippen MR) is 111 cm³/mol. The number of hydrogen-bond acceptors (Lipinski definition) is 2. The first-order valence-corrected chi connectivity index (χ1v) is 13.2. The van der Waals surface area contributed by atoms with Crippen LogP contribution in [0.3, 0.4) is 0 Å². The fraction of sp³-hybridized carbons (Fsp3) is 0.350. The molecule has 0 spiro atoms. The summed E-state index contributed by atoms with van der Waals surface area (Å²) in [7, 11) is -5.26. The SMILES string of the molecule is Cc1ccc(S(=O)(=NC(=O)c2ccccc2)N[Si](C)(C)C(C)(C)C)cc1. The summed E-state index contributed by atoms with van der Waals surface area (Å²) >= 11 is 0. The molecule has 0 radical (unpaired) electrons. The monoisotopic (exact) mass is 388 g/mol. The van der Waals surface area contributed by atoms with Crippen LogP contribution in [-0.4, -0.2) is 18.4 Å². The Kier molecular flexibility index (Phi) is 5.90. The van der Waals surface area contributed by atoms with Crippen LogP contribution in [-0.2, 0) is 9.92 Å². The topological polar surface area (TPSA) is 58.5 Å². The Hall–Kier alpha value is -1.76. The van der Waals surface area contributed by atoms with Gasteiger partial charge in [-0.15, -0.1) is 4.36 Å². The molecule has 6 heteroatoms. The van der Waals surface area contributed by atoms with Gasteiger partial charge in [0, 0.05) is 5.56 Å². The van der Waals surface area contributed by atoms with Gasteiger partial charge in [-0.05, 0) is 36.2 Å². The van der Waals surface area contributed by atoms with Gasteiger partial charge in [-0.2, -0.15) is 0 Å². The number of nitrogens with zero attached hydrogens (tertiary/aromatic N) is 1. The van der Waals surface area contributed by atoms with E-state index in [1.54, 1.807) is 36.4 Å². The quantitative estimate of drug-likeness (QED) is 0.734. The minimum Gasteiger partial charge on any atom is -0.266 e. The Morgan fingerprint density at radius 3 is 2.04 bits per heavy atom. The summed E-state index contributed by atoms with van der Waals surface area (Å²) < 4.78 is 21.4. The molecule has 1 unspecified atom stereocenters. The number of hydrogen-bond donors (Lipinski definition) is 1. The van der Waals surface area contributed by atoms with E-state index in [0.29, 0.717) is 10.5 Å². The predicted octanol–water partition coefficient (Wildman–Crippen LogP) is 5.17. The maximum Gasteiger partial charge on any atom is 0.286 e. The van der Waals surface area contributed by atoms with E-state index in [9.17, 15) is 9.00 Å². The Labute approximate surface area is 158 Å². The highest BCUT2D eigenvalue weighted by atomic mass is 32.2. The van der Waals surface area contributed by atoms with E-state index in [-0.39, 0.29) is 5.04 Å². The van der Waals surface area contributed by atoms with Crippen molar-refractivity contribution in [2.75, 3.05) is 0 Å². The van der Waals surface area contributed by atoms with E-state index in [4.69, 9.17) is 0 Å². The van der Waals surface area contributed by atoms with Gasteiger partial charge in [-0.3, -0.25) is 4.79 Å². The van der Waals surface area contributed by atoms with E-state index in [1.807, 2.05) is 25.1 Å². The largest absolute Gasteiger partial charge is 0.286 e. The van der Waals surface area contributed by atoms with Crippen molar-refractivity contribution < 1.29 is 9.00 Å². The second-order valence-electron chi connectivity index (χ2n) is 8.08. The zero-order valence-electron chi connectivity index (χ0n) is 16.4. The molecule has 0 saturated carbocycles. The van der Waals surface area contributed by atoms with Crippen molar-refractivity contribution in [3.05, 3.63) is 65.7 Å². The Morgan fingerprint density at radius 2 is 1.54 bits per heavy atom. The average Bonchev–Trinajstić information content (AvgIpc) is 2.54. The summed E-state index contributed by atoms with van der Waals surface area (Å²) in [6, 6.07) is 16.1. The van der Waals surface area contributed by atoms with Crippen LogP contribution in [0.5, 0.6) is 0 Å². The van der Waals surface area contributed by atoms with Crippen LogP contribution in [0.4, 0.5) is 0 Å². The van der Waals surface area contributed by atoms with Gasteiger partial charge in [0.2, 0.25) is 0 Å². The van der Waals surface area contributed by atoms with Crippen LogP contribution in [0, 0.1) is 6.92 Å². The maximum absolute atomic E-state index is 13.9. The van der Waals surface area contributed by atoms with Gasteiger partial charge in [-0.1, -0.05) is 69.8 Å². The van der Waals surface area contributed by atoms with Crippen LogP contribution >= 0.6 is 0 Å². The summed E-state index contributed by atoms with van der Waals surface area (Å²) in [4.78, 5) is 13.2. The molecule has 0 saturated heterocycles. The molecular weight excluding hydrogens is 360 g/mol. The zero-order chi connectivity index (χ0) is 19.6. The normalized spacial score (nSPS) is 14.5. The van der Waals surface area contributed by atoms with Crippen molar-refractivity contribution in [1.82, 2.24) is 4.39 Å². The molecule has 0 aliphatic carbocycles. The summed E-state index contributed by atoms with van der Waals surface area (Å²) in [6.45, 7) is 12.6. The highest BCUT2D eigenvalue weighted by Gasteiger charge is 2.39. The molecule has 26 heavy (non-hydrogen) atoms. The Morgan fingerprint density at radius 1 is 1.00 bits per heavy atom. The first kappa shape index (κ1) is 20.5. The number of rotatable bonds is 4. The molecule has 140 valence electrons. The molecule has 1 amide bonds. The first-order chi connectivity index (χ1) is 11.9. The van der Waals surface area contributed by atoms with Gasteiger partial charge in [0.25, 0.3) is 5.91 Å². The van der Waals surface area contributed by atoms with Gasteiger partial charge in [-0.25, -0.2) is 8.60 Å². The molecule has 0 aliphatic heterocycles. The molecular formula is C20H28N2O2SSi. The molecule has 0 aromatic heterocycles. The number of nitrogens with one attached hydrogen (secondary N) is 1. The molecule has 2 aromatic rings. The van der Waals surface area contributed by atoms with Crippen LogP contribution in [0.25, 0.3) is 0 Å². The Balaban J connectivity index is 2.59. The molecule has 1 atom stereocenters. The fourth-order valence-electron chi connectivity index (χ4n) is 2.11. The molecule has 1 N–H and O–H groups in total. The van der Waals surface area contributed by atoms with Crippen molar-refractivity contribution in [2.24, 2.45) is 4.36 Å². The summed E-state index contributed by atoms with van der Waals surface area (Å²) in [5, 5.41) is -0.0499. The fourth-order valence-corrected chi connectivity index (χ4v) is 7.70. The van der Waals surface area contributed by atoms with Gasteiger partial charge in [0.1, 0.15) is 18.2 Å². The van der Waals surface area contributed by atoms with Crippen LogP contribution in [0.1, 0.15) is 36.7 Å². The van der Waals surface area contributed by atoms with Gasteiger partial charge in [0.05, 0.1) is 4.90 Å². The lowest BCUT2D eigenvalue weighted by Crippen LogP contribution is -2.54. The highest BCUT2D eigenvalue weighted by Crippen LogP contribution is 2.35. The molecule has 2 aromatic carbocycles. The summed E-state index contributed by atoms with van der Waals surface area (Å²) in [5.41, 5.74) is 1.50. The van der Waals surface area contributed by atoms with Crippen molar-refractivity contribution in [2.45, 2.75) is 50.7 Å². The second kappa shape index (κ2) is 7.46. The Bertz CT molecular complexity index is 892. The summed E-state index contributed by atoms with van der Waals surface area (Å²) in [5.74, 6) is -0.470. The summed E-state index contributed by atoms with van der Waals surface area (Å²) in [6.07, 6.45) is 0. The lowest BCUT2D eigenvalue weighted by molar-refractivity contribution is 0.100. The minimum absolute atomic E-state index is 0.0499. The number of carbonyl (C=O) groups excluding carboxylic acids is 1. The van der Waals surface area contributed by atoms with Gasteiger partial charge in [0.15, 0.2) is 0 Å². The molecule has 0 fully saturated rings. The van der Waals surface area contributed by atoms with Gasteiger partial charge >= 0.3 is 0 Å². The third-order valence-electron chi connectivity index (χ3n) is 4.84. The van der Waals surface area contributed by atoms with E-state index < -0.39 is 24.1 Å². The standard InChI is InChI=1S/C20H28N2O2SSi/c1-16-12-14-18(15-13-16)25(24,22-26(5,6)20(2,3)4)21-19(23)17-10-8-7-9-11-17/h7-15H,1-6H3,(H,21,22,23,24). The van der Waals surface area contributed by atoms with Crippen molar-refractivity contribution in [3.63, 3.8) is 0 Å². The number of aryl methyl sites for hydroxylation is 1. The molecule has 2 rings (SSSR count). The third-order valence-corrected chi connectivity index (χ3v) is 13.1. The van der Waals surface area contributed by atoms with Crippen molar-refractivity contribution >= 4 is 24.1 Å². The van der Waals surface area contributed by atoms with Crippen molar-refractivity contribution in [1.29, 1.82) is 0 Å². The number of carbonyl (C=O) groups is 1. The van der Waals surface area contributed by atoms with Crippen LogP contribution in [0.15, 0.2) is 63.9 Å². The second-order valence-corrected chi connectivity index (χ2v) is 15.4. The molecule has 0 bridgehead atoms. The third kappa shape index (κ3) is 4.69. The van der Waals surface area contributed by atoms with E-state index in [0.717, 1.165) is 5.56 Å². The smallest absolute Gasteiger partial charge is 0.266 e. The lowest BCUT2D eigenvalue weighted by Gasteiger charge is -2.37. The highest BCUT2D eigenvalue weighted by molar-refractivity contribution is 7.93. The molecule has 0 aliphatic rings. The number of amides is 1. The van der Waals surface area contributed by atoms with Gasteiger partial charge < -0.3 is 0 Å². The van der Waals surface area contributed by atoms with E-state index in [2.05, 4.69) is 42.6 Å². The number of benzene rings is 2. The molecule has 4 nitrogen and oxygen atoms in total. The maximum atomic E-state index is 13.9. The molecule has 0 heterocycles. The lowest BCUT2D eigenvalue weighted by atomic mass is 10.2.